The maximum Gasteiger partial charge on any atom is 0.408 e. The SMILES string of the molecule is CC(=O)NC(CCCCCC(C)(C)C)C(=O)C(C)(C)C.CC(C)(C)CCCCCC(NC(=O)OC(C)(C)C)C(=O)C(C)(C)C.CC(C)(C)CCCCCCC(=O)C(C)(C)C.CC(C)(C)CCCCOC(C)(C)C(=O)C(C)(C)C.CC(C)(C)CCCCSC(C)(C)C(=O)C(C)(C)C.CC(C)(C)NCCCC(C)(C)C(=O)C(C)(C)C.CC(C)(C)NCCSSC(C)(C)C(=O)C(C)(C)C.CC(C)(C)NCCSSCCC(=O)C(C)(C)C. The Morgan fingerprint density at radius 2 is 0.568 bits per heavy atom. The Bertz CT molecular complexity index is 3510. The Morgan fingerprint density at radius 3 is 0.892 bits per heavy atom. The van der Waals surface area contributed by atoms with Gasteiger partial charge in [-0.05, 0) is 241 Å². The highest BCUT2D eigenvalue weighted by molar-refractivity contribution is 8.77. The summed E-state index contributed by atoms with van der Waals surface area (Å²) < 4.78 is 10.5. The van der Waals surface area contributed by atoms with Gasteiger partial charge in [-0.1, -0.05) is 398 Å². The Kier molecular flexibility index (Phi) is 77.5. The summed E-state index contributed by atoms with van der Waals surface area (Å²) in [7, 11) is 7.12. The minimum atomic E-state index is -0.667. The second kappa shape index (κ2) is 71.3. The number of thioether (sulfide) groups is 1. The number of alkyl carbamates (subject to hydrolysis) is 1. The van der Waals surface area contributed by atoms with E-state index in [0.29, 0.717) is 75.4 Å². The summed E-state index contributed by atoms with van der Waals surface area (Å²) >= 11 is 1.81. The zero-order valence-electron chi connectivity index (χ0n) is 109. The largest absolute Gasteiger partial charge is 0.444 e. The van der Waals surface area contributed by atoms with Crippen molar-refractivity contribution in [3.63, 3.8) is 0 Å². The van der Waals surface area contributed by atoms with Gasteiger partial charge in [0.1, 0.15) is 28.6 Å². The molecule has 2 unspecified atom stereocenters. The van der Waals surface area contributed by atoms with Gasteiger partial charge in [-0.15, -0.1) is 11.8 Å². The van der Waals surface area contributed by atoms with Crippen LogP contribution in [0.1, 0.15) is 576 Å². The Hall–Kier alpha value is -2.31. The van der Waals surface area contributed by atoms with Crippen LogP contribution in [0.2, 0.25) is 0 Å². The van der Waals surface area contributed by atoms with Crippen LogP contribution in [0, 0.1) is 75.8 Å². The van der Waals surface area contributed by atoms with Gasteiger partial charge in [0.2, 0.25) is 5.91 Å². The molecule has 0 saturated heterocycles. The lowest BCUT2D eigenvalue weighted by atomic mass is 9.72. The van der Waals surface area contributed by atoms with Crippen LogP contribution in [0.4, 0.5) is 4.79 Å². The molecule has 884 valence electrons. The van der Waals surface area contributed by atoms with Crippen molar-refractivity contribution in [3.8, 4) is 0 Å². The molecule has 0 fully saturated rings. The summed E-state index contributed by atoms with van der Waals surface area (Å²) in [6.45, 7) is 127. The van der Waals surface area contributed by atoms with E-state index in [1.54, 1.807) is 32.4 Å². The molecule has 0 aliphatic carbocycles. The Labute approximate surface area is 940 Å². The minimum Gasteiger partial charge on any atom is -0.444 e. The van der Waals surface area contributed by atoms with Crippen LogP contribution in [0.15, 0.2) is 0 Å². The monoisotopic (exact) mass is 2190 g/mol. The molecule has 0 radical (unpaired) electrons. The van der Waals surface area contributed by atoms with Gasteiger partial charge in [0.25, 0.3) is 0 Å². The fourth-order valence-corrected chi connectivity index (χ4v) is 21.0. The number of ether oxygens (including phenoxy) is 2. The molecular weight excluding hydrogens is 1940 g/mol. The zero-order valence-corrected chi connectivity index (χ0v) is 114. The smallest absolute Gasteiger partial charge is 0.408 e. The summed E-state index contributed by atoms with van der Waals surface area (Å²) in [4.78, 5) is 121. The van der Waals surface area contributed by atoms with Crippen molar-refractivity contribution in [3.05, 3.63) is 0 Å². The van der Waals surface area contributed by atoms with Crippen molar-refractivity contribution < 1.29 is 57.4 Å². The molecule has 17 nitrogen and oxygen atoms in total. The lowest BCUT2D eigenvalue weighted by molar-refractivity contribution is -0.148. The fourth-order valence-electron chi connectivity index (χ4n) is 15.2. The van der Waals surface area contributed by atoms with E-state index in [1.807, 2.05) is 237 Å². The molecular formula is C126H253N5O12S5. The van der Waals surface area contributed by atoms with Gasteiger partial charge in [0.15, 0.2) is 28.9 Å². The minimum absolute atomic E-state index is 0.0594. The molecule has 0 aliphatic rings. The van der Waals surface area contributed by atoms with Gasteiger partial charge in [-0.3, -0.25) is 43.2 Å². The van der Waals surface area contributed by atoms with Crippen molar-refractivity contribution >= 4 is 113 Å². The van der Waals surface area contributed by atoms with Crippen LogP contribution in [0.25, 0.3) is 0 Å². The molecule has 2 amide bonds. The summed E-state index contributed by atoms with van der Waals surface area (Å²) in [6.07, 6.45) is 26.4. The maximum absolute atomic E-state index is 12.6. The van der Waals surface area contributed by atoms with Crippen LogP contribution in [-0.4, -0.2) is 157 Å². The number of rotatable bonds is 50. The van der Waals surface area contributed by atoms with E-state index < -0.39 is 34.2 Å². The molecule has 2 atom stereocenters. The van der Waals surface area contributed by atoms with E-state index >= 15 is 0 Å². The Balaban J connectivity index is -0.000000253. The average Bonchev–Trinajstić information content (AvgIpc) is 0.840. The lowest BCUT2D eigenvalue weighted by Crippen LogP contribution is -2.47. The summed E-state index contributed by atoms with van der Waals surface area (Å²) in [6, 6.07) is -0.809. The quantitative estimate of drug-likeness (QED) is 0.0280. The molecule has 0 spiro atoms. The number of unbranched alkanes of at least 4 members (excludes halogenated alkanes) is 9. The van der Waals surface area contributed by atoms with Crippen LogP contribution in [0.5, 0.6) is 0 Å². The molecule has 0 aliphatic heterocycles. The molecule has 148 heavy (non-hydrogen) atoms. The number of carbonyl (C=O) groups is 10. The third kappa shape index (κ3) is 103. The molecule has 0 saturated carbocycles. The first-order chi connectivity index (χ1) is 65.3. The number of ketones is 8. The van der Waals surface area contributed by atoms with Crippen LogP contribution in [0.3, 0.4) is 0 Å². The first-order valence-electron chi connectivity index (χ1n) is 56.9. The third-order valence-corrected chi connectivity index (χ3v) is 30.4. The molecule has 0 bridgehead atoms. The molecule has 22 heteroatoms. The van der Waals surface area contributed by atoms with Gasteiger partial charge in [0.05, 0.1) is 21.6 Å². The number of amides is 2. The van der Waals surface area contributed by atoms with E-state index in [4.69, 9.17) is 9.47 Å². The van der Waals surface area contributed by atoms with E-state index in [2.05, 4.69) is 220 Å². The van der Waals surface area contributed by atoms with Gasteiger partial charge in [0, 0.05) is 122 Å². The van der Waals surface area contributed by atoms with Crippen LogP contribution >= 0.6 is 54.9 Å². The van der Waals surface area contributed by atoms with E-state index in [-0.39, 0.29) is 93.3 Å². The molecule has 0 heterocycles. The molecule has 0 aromatic rings. The van der Waals surface area contributed by atoms with E-state index in [9.17, 15) is 47.9 Å². The first kappa shape index (κ1) is 161. The second-order valence-electron chi connectivity index (χ2n) is 62.2. The van der Waals surface area contributed by atoms with Crippen molar-refractivity contribution in [2.24, 2.45) is 75.8 Å². The molecule has 0 rings (SSSR count). The normalized spacial score (nSPS) is 13.7. The van der Waals surface area contributed by atoms with E-state index in [1.165, 1.54) is 77.6 Å². The van der Waals surface area contributed by atoms with Crippen molar-refractivity contribution in [1.29, 1.82) is 0 Å². The summed E-state index contributed by atoms with van der Waals surface area (Å²) in [5.41, 5.74) is -1.20. The maximum atomic E-state index is 12.6. The van der Waals surface area contributed by atoms with Crippen LogP contribution < -0.4 is 26.6 Å². The standard InChI is InChI=1S/C20H39NO3.C17H33NO2.C16H32O2.C16H32OS.C15H31NO.C15H30O.C14H29NOS2.C13H27NOS2/c1-18(2,3)14-12-10-11-13-15(16(22)19(4,5)6)21-17(23)24-20(7,8)9;1-13(19)18-14(15(20)17(5,6)7)11-9-8-10-12-16(2,3)4;2*1-14(2,3)11-9-10-12-18-16(7,8)13(17)15(4,5)6;1-13(2,3)12(17)15(7,8)10-9-11-16-14(4,5)6;1-14(2,3)12-10-8-7-9-11-13(16)15(4,5)6;1-12(2,3)11(16)14(7,8)18-17-10-9-15-13(4,5)6;1-12(2,3)11(15)7-9-16-17-10-8-14-13(4,5)6/h15H,10-14H2,1-9H3,(H,21,23);14H,8-12H2,1-7H3,(H,18,19);2*9-12H2,1-8H3;16H,9-11H2,1-8H3;7-12H2,1-6H3;15H,9-10H2,1-8H3;14H,7-10H2,1-6H3. The predicted octanol–water partition coefficient (Wildman–Crippen LogP) is 36.2. The molecule has 5 N–H and O–H groups in total. The number of hydrogen-bond acceptors (Lipinski definition) is 20. The highest BCUT2D eigenvalue weighted by Gasteiger charge is 2.41. The average molecular weight is 2190 g/mol. The second-order valence-corrected chi connectivity index (χ2v) is 69.7. The van der Waals surface area contributed by atoms with E-state index in [0.717, 1.165) is 120 Å². The zero-order chi connectivity index (χ0) is 119. The third-order valence-electron chi connectivity index (χ3n) is 23.4. The Morgan fingerprint density at radius 1 is 0.264 bits per heavy atom. The molecule has 0 aromatic carbocycles. The number of hydrogen-bond donors (Lipinski definition) is 5. The summed E-state index contributed by atoms with van der Waals surface area (Å²) in [5.74, 6) is 6.16. The highest BCUT2D eigenvalue weighted by Crippen LogP contribution is 2.42. The fraction of sp³-hybridized carbons (Fsp3) is 0.921. The van der Waals surface area contributed by atoms with Gasteiger partial charge < -0.3 is 36.1 Å². The number of carbonyl (C=O) groups excluding carboxylic acids is 10. The predicted molar refractivity (Wildman–Crippen MR) is 662 cm³/mol. The first-order valence-corrected chi connectivity index (χ1v) is 62.7. The van der Waals surface area contributed by atoms with Crippen molar-refractivity contribution in [1.82, 2.24) is 26.6 Å². The summed E-state index contributed by atoms with van der Waals surface area (Å²) in [5, 5.41) is 15.9. The highest BCUT2D eigenvalue weighted by atomic mass is 33.1. The topological polar surface area (TPSA) is 249 Å². The van der Waals surface area contributed by atoms with Gasteiger partial charge >= 0.3 is 6.09 Å². The molecule has 0 aromatic heterocycles. The number of Topliss-reactive ketones (excluding diaryl/α,β-unsaturated/α-hetero) is 8. The number of nitrogens with one attached hydrogen (secondary N) is 5. The van der Waals surface area contributed by atoms with Gasteiger partial charge in [-0.25, -0.2) is 4.79 Å². The lowest BCUT2D eigenvalue weighted by Gasteiger charge is -2.31. The van der Waals surface area contributed by atoms with Crippen LogP contribution in [-0.2, 0) is 52.6 Å². The van der Waals surface area contributed by atoms with Crippen molar-refractivity contribution in [2.75, 3.05) is 49.3 Å². The van der Waals surface area contributed by atoms with Crippen molar-refractivity contribution in [2.45, 2.75) is 625 Å². The van der Waals surface area contributed by atoms with Gasteiger partial charge in [-0.2, -0.15) is 0 Å².